The van der Waals surface area contributed by atoms with Gasteiger partial charge in [-0.15, -0.1) is 0 Å². The van der Waals surface area contributed by atoms with E-state index in [1.165, 1.54) is 6.07 Å². The Morgan fingerprint density at radius 3 is 2.57 bits per heavy atom. The van der Waals surface area contributed by atoms with Gasteiger partial charge in [-0.1, -0.05) is 23.7 Å². The monoisotopic (exact) mass is 224 g/mol. The average Bonchev–Trinajstić information content (AvgIpc) is 2.06. The van der Waals surface area contributed by atoms with Gasteiger partial charge < -0.3 is 4.74 Å². The molecular formula is C9H8ClF3O. The van der Waals surface area contributed by atoms with Crippen molar-refractivity contribution in [3.05, 3.63) is 28.8 Å². The quantitative estimate of drug-likeness (QED) is 0.746. The van der Waals surface area contributed by atoms with Crippen molar-refractivity contribution in [2.45, 2.75) is 13.1 Å². The van der Waals surface area contributed by atoms with Crippen molar-refractivity contribution in [3.8, 4) is 5.75 Å². The third-order valence-corrected chi connectivity index (χ3v) is 2.03. The van der Waals surface area contributed by atoms with Gasteiger partial charge in [0.2, 0.25) is 0 Å². The zero-order valence-electron chi connectivity index (χ0n) is 7.36. The van der Waals surface area contributed by atoms with E-state index >= 15 is 0 Å². The number of hydrogen-bond acceptors (Lipinski definition) is 1. The average molecular weight is 225 g/mol. The lowest BCUT2D eigenvalue weighted by Gasteiger charge is -2.11. The molecule has 0 aliphatic rings. The van der Waals surface area contributed by atoms with Crippen LogP contribution in [0.1, 0.15) is 5.56 Å². The van der Waals surface area contributed by atoms with E-state index in [0.29, 0.717) is 5.56 Å². The van der Waals surface area contributed by atoms with E-state index in [2.05, 4.69) is 4.74 Å². The predicted octanol–water partition coefficient (Wildman–Crippen LogP) is 3.59. The molecule has 0 fully saturated rings. The maximum absolute atomic E-state index is 11.8. The summed E-state index contributed by atoms with van der Waals surface area (Å²) in [6.07, 6.45) is -4.34. The van der Waals surface area contributed by atoms with Crippen LogP contribution in [-0.2, 0) is 0 Å². The maximum Gasteiger partial charge on any atom is 0.422 e. The lowest BCUT2D eigenvalue weighted by Crippen LogP contribution is -2.19. The molecule has 0 spiro atoms. The van der Waals surface area contributed by atoms with E-state index in [1.54, 1.807) is 19.1 Å². The van der Waals surface area contributed by atoms with Crippen molar-refractivity contribution in [1.82, 2.24) is 0 Å². The summed E-state index contributed by atoms with van der Waals surface area (Å²) in [7, 11) is 0. The molecule has 0 atom stereocenters. The molecule has 14 heavy (non-hydrogen) atoms. The minimum atomic E-state index is -4.34. The second-order valence-electron chi connectivity index (χ2n) is 2.79. The maximum atomic E-state index is 11.8. The van der Waals surface area contributed by atoms with Gasteiger partial charge in [-0.2, -0.15) is 13.2 Å². The molecule has 0 N–H and O–H groups in total. The largest absolute Gasteiger partial charge is 0.483 e. The highest BCUT2D eigenvalue weighted by Gasteiger charge is 2.28. The van der Waals surface area contributed by atoms with Gasteiger partial charge in [-0.25, -0.2) is 0 Å². The van der Waals surface area contributed by atoms with Crippen molar-refractivity contribution in [2.75, 3.05) is 6.61 Å². The highest BCUT2D eigenvalue weighted by Crippen LogP contribution is 2.28. The highest BCUT2D eigenvalue weighted by atomic mass is 35.5. The second kappa shape index (κ2) is 4.09. The van der Waals surface area contributed by atoms with Gasteiger partial charge in [0.15, 0.2) is 6.61 Å². The second-order valence-corrected chi connectivity index (χ2v) is 3.17. The molecule has 0 bridgehead atoms. The van der Waals surface area contributed by atoms with Crippen molar-refractivity contribution < 1.29 is 17.9 Å². The summed E-state index contributed by atoms with van der Waals surface area (Å²) in [5, 5.41) is 0.219. The fourth-order valence-electron chi connectivity index (χ4n) is 0.892. The van der Waals surface area contributed by atoms with Gasteiger partial charge in [0.05, 0.1) is 5.02 Å². The molecule has 1 rings (SSSR count). The van der Waals surface area contributed by atoms with Gasteiger partial charge in [-0.05, 0) is 18.6 Å². The van der Waals surface area contributed by atoms with E-state index in [-0.39, 0.29) is 10.8 Å². The normalized spacial score (nSPS) is 11.5. The Bertz CT molecular complexity index is 322. The molecule has 0 saturated carbocycles. The number of hydrogen-bond donors (Lipinski definition) is 0. The summed E-state index contributed by atoms with van der Waals surface area (Å²) in [5.74, 6) is 0.0593. The number of benzene rings is 1. The molecule has 0 unspecified atom stereocenters. The lowest BCUT2D eigenvalue weighted by atomic mass is 10.2. The summed E-state index contributed by atoms with van der Waals surface area (Å²) in [4.78, 5) is 0. The highest BCUT2D eigenvalue weighted by molar-refractivity contribution is 6.32. The lowest BCUT2D eigenvalue weighted by molar-refractivity contribution is -0.153. The van der Waals surface area contributed by atoms with Gasteiger partial charge in [0.25, 0.3) is 0 Å². The van der Waals surface area contributed by atoms with Crippen LogP contribution in [0.2, 0.25) is 5.02 Å². The summed E-state index contributed by atoms with van der Waals surface area (Å²) in [5.41, 5.74) is 0.686. The fourth-order valence-corrected chi connectivity index (χ4v) is 1.07. The zero-order chi connectivity index (χ0) is 10.8. The van der Waals surface area contributed by atoms with Crippen LogP contribution in [0.15, 0.2) is 18.2 Å². The molecule has 78 valence electrons. The van der Waals surface area contributed by atoms with Crippen LogP contribution in [0.5, 0.6) is 5.75 Å². The predicted molar refractivity (Wildman–Crippen MR) is 47.7 cm³/mol. The number of aryl methyl sites for hydroxylation is 1. The van der Waals surface area contributed by atoms with Crippen LogP contribution in [0.4, 0.5) is 13.2 Å². The minimum Gasteiger partial charge on any atom is -0.483 e. The van der Waals surface area contributed by atoms with E-state index in [0.717, 1.165) is 0 Å². The molecule has 0 heterocycles. The van der Waals surface area contributed by atoms with Gasteiger partial charge in [-0.3, -0.25) is 0 Å². The van der Waals surface area contributed by atoms with Crippen molar-refractivity contribution >= 4 is 11.6 Å². The van der Waals surface area contributed by atoms with Gasteiger partial charge >= 0.3 is 6.18 Å². The standard InChI is InChI=1S/C9H8ClF3O/c1-6-3-2-4-7(8(6)10)14-5-9(11,12)13/h2-4H,5H2,1H3. The van der Waals surface area contributed by atoms with Crippen molar-refractivity contribution in [1.29, 1.82) is 0 Å². The van der Waals surface area contributed by atoms with Gasteiger partial charge in [0, 0.05) is 0 Å². The topological polar surface area (TPSA) is 9.23 Å². The van der Waals surface area contributed by atoms with Gasteiger partial charge in [0.1, 0.15) is 5.75 Å². The summed E-state index contributed by atoms with van der Waals surface area (Å²) in [6.45, 7) is 0.374. The Labute approximate surface area is 84.4 Å². The smallest absolute Gasteiger partial charge is 0.422 e. The van der Waals surface area contributed by atoms with Crippen LogP contribution in [0.3, 0.4) is 0 Å². The Kier molecular flexibility index (Phi) is 3.26. The SMILES string of the molecule is Cc1cccc(OCC(F)(F)F)c1Cl. The Hall–Kier alpha value is -0.900. The van der Waals surface area contributed by atoms with E-state index < -0.39 is 12.8 Å². The van der Waals surface area contributed by atoms with E-state index in [4.69, 9.17) is 11.6 Å². The van der Waals surface area contributed by atoms with Crippen LogP contribution in [-0.4, -0.2) is 12.8 Å². The molecule has 1 aromatic rings. The first kappa shape index (κ1) is 11.2. The molecule has 1 nitrogen and oxygen atoms in total. The first-order chi connectivity index (χ1) is 6.40. The first-order valence-electron chi connectivity index (χ1n) is 3.85. The first-order valence-corrected chi connectivity index (χ1v) is 4.22. The zero-order valence-corrected chi connectivity index (χ0v) is 8.12. The third kappa shape index (κ3) is 3.10. The van der Waals surface area contributed by atoms with Crippen LogP contribution >= 0.6 is 11.6 Å². The number of ether oxygens (including phenoxy) is 1. The number of alkyl halides is 3. The molecule has 0 saturated heterocycles. The van der Waals surface area contributed by atoms with Crippen molar-refractivity contribution in [3.63, 3.8) is 0 Å². The number of halogens is 4. The molecule has 0 amide bonds. The molecule has 1 aromatic carbocycles. The molecule has 5 heteroatoms. The van der Waals surface area contributed by atoms with E-state index in [9.17, 15) is 13.2 Å². The van der Waals surface area contributed by atoms with E-state index in [1.807, 2.05) is 0 Å². The van der Waals surface area contributed by atoms with Crippen LogP contribution in [0.25, 0.3) is 0 Å². The Morgan fingerprint density at radius 2 is 2.00 bits per heavy atom. The summed E-state index contributed by atoms with van der Waals surface area (Å²) in [6, 6.07) is 4.69. The molecular weight excluding hydrogens is 217 g/mol. The van der Waals surface area contributed by atoms with Crippen LogP contribution < -0.4 is 4.74 Å². The van der Waals surface area contributed by atoms with Crippen molar-refractivity contribution in [2.24, 2.45) is 0 Å². The summed E-state index contributed by atoms with van der Waals surface area (Å²) >= 11 is 5.73. The molecule has 0 aliphatic carbocycles. The fraction of sp³-hybridized carbons (Fsp3) is 0.333. The van der Waals surface area contributed by atoms with Crippen LogP contribution in [0, 0.1) is 6.92 Å². The minimum absolute atomic E-state index is 0.0593. The molecule has 0 aliphatic heterocycles. The third-order valence-electron chi connectivity index (χ3n) is 1.55. The Morgan fingerprint density at radius 1 is 1.36 bits per heavy atom. The molecule has 0 radical (unpaired) electrons. The molecule has 0 aromatic heterocycles. The Balaban J connectivity index is 2.73. The summed E-state index contributed by atoms with van der Waals surface area (Å²) < 4.78 is 39.9. The number of rotatable bonds is 2.